The van der Waals surface area contributed by atoms with E-state index in [4.69, 9.17) is 5.26 Å². The minimum atomic E-state index is -3.56. The zero-order valence-corrected chi connectivity index (χ0v) is 10.6. The number of nitriles is 1. The molecule has 6 nitrogen and oxygen atoms in total. The highest BCUT2D eigenvalue weighted by Crippen LogP contribution is 2.18. The van der Waals surface area contributed by atoms with Crippen molar-refractivity contribution in [2.45, 2.75) is 43.9 Å². The van der Waals surface area contributed by atoms with E-state index in [1.807, 2.05) is 0 Å². The van der Waals surface area contributed by atoms with Crippen LogP contribution in [0.15, 0.2) is 0 Å². The molecule has 1 amide bonds. The zero-order valence-electron chi connectivity index (χ0n) is 9.77. The standard InChI is InChI=1S/C10H17N3O3S/c1-8(7-11)17(15,16)12-6-2-3-10(14)13-9-4-5-9/h8-9,12H,2-6H2,1H3,(H,13,14). The molecule has 0 bridgehead atoms. The van der Waals surface area contributed by atoms with Crippen LogP contribution in [0.3, 0.4) is 0 Å². The van der Waals surface area contributed by atoms with E-state index in [2.05, 4.69) is 10.0 Å². The Hall–Kier alpha value is -1.13. The minimum Gasteiger partial charge on any atom is -0.353 e. The number of hydrogen-bond donors (Lipinski definition) is 2. The molecule has 0 radical (unpaired) electrons. The quantitative estimate of drug-likeness (QED) is 0.622. The van der Waals surface area contributed by atoms with Crippen LogP contribution in [-0.4, -0.2) is 32.2 Å². The van der Waals surface area contributed by atoms with Crippen LogP contribution in [0.25, 0.3) is 0 Å². The lowest BCUT2D eigenvalue weighted by Gasteiger charge is -2.07. The summed E-state index contributed by atoms with van der Waals surface area (Å²) in [5.74, 6) is -0.0416. The number of carbonyl (C=O) groups is 1. The molecule has 1 aliphatic rings. The van der Waals surface area contributed by atoms with Crippen molar-refractivity contribution < 1.29 is 13.2 Å². The lowest BCUT2D eigenvalue weighted by molar-refractivity contribution is -0.121. The van der Waals surface area contributed by atoms with E-state index >= 15 is 0 Å². The highest BCUT2D eigenvalue weighted by atomic mass is 32.2. The molecule has 1 atom stereocenters. The van der Waals surface area contributed by atoms with E-state index in [9.17, 15) is 13.2 Å². The van der Waals surface area contributed by atoms with Gasteiger partial charge in [0.1, 0.15) is 0 Å². The van der Waals surface area contributed by atoms with Gasteiger partial charge in [0.2, 0.25) is 15.9 Å². The van der Waals surface area contributed by atoms with Crippen LogP contribution in [0.2, 0.25) is 0 Å². The summed E-state index contributed by atoms with van der Waals surface area (Å²) in [5.41, 5.74) is 0. The molecule has 0 aromatic heterocycles. The van der Waals surface area contributed by atoms with Gasteiger partial charge in [-0.05, 0) is 26.2 Å². The Morgan fingerprint density at radius 1 is 1.53 bits per heavy atom. The number of nitrogens with one attached hydrogen (secondary N) is 2. The van der Waals surface area contributed by atoms with Gasteiger partial charge >= 0.3 is 0 Å². The van der Waals surface area contributed by atoms with Crippen molar-refractivity contribution in [3.05, 3.63) is 0 Å². The first-order valence-electron chi connectivity index (χ1n) is 5.63. The predicted octanol–water partition coefficient (Wildman–Crippen LogP) is -0.123. The summed E-state index contributed by atoms with van der Waals surface area (Å²) in [7, 11) is -3.56. The van der Waals surface area contributed by atoms with Crippen molar-refractivity contribution in [2.24, 2.45) is 0 Å². The van der Waals surface area contributed by atoms with E-state index in [0.29, 0.717) is 18.9 Å². The molecule has 0 heterocycles. The molecule has 7 heteroatoms. The van der Waals surface area contributed by atoms with E-state index in [1.165, 1.54) is 6.92 Å². The smallest absolute Gasteiger partial charge is 0.227 e. The number of amides is 1. The van der Waals surface area contributed by atoms with Crippen molar-refractivity contribution in [3.8, 4) is 6.07 Å². The largest absolute Gasteiger partial charge is 0.353 e. The molecule has 0 saturated heterocycles. The fourth-order valence-electron chi connectivity index (χ4n) is 1.19. The molecule has 1 rings (SSSR count). The van der Waals surface area contributed by atoms with Gasteiger partial charge in [0.05, 0.1) is 6.07 Å². The molecule has 2 N–H and O–H groups in total. The summed E-state index contributed by atoms with van der Waals surface area (Å²) in [6.45, 7) is 1.51. The summed E-state index contributed by atoms with van der Waals surface area (Å²) in [4.78, 5) is 11.3. The van der Waals surface area contributed by atoms with E-state index in [1.54, 1.807) is 6.07 Å². The molecule has 1 fully saturated rings. The molecule has 0 aromatic carbocycles. The summed E-state index contributed by atoms with van der Waals surface area (Å²) in [5, 5.41) is 10.2. The van der Waals surface area contributed by atoms with Crippen molar-refractivity contribution in [1.82, 2.24) is 10.0 Å². The second-order valence-electron chi connectivity index (χ2n) is 4.16. The molecule has 1 unspecified atom stereocenters. The molecule has 0 aromatic rings. The lowest BCUT2D eigenvalue weighted by atomic mass is 10.3. The fourth-order valence-corrected chi connectivity index (χ4v) is 2.00. The molecule has 0 aliphatic heterocycles. The maximum atomic E-state index is 11.4. The van der Waals surface area contributed by atoms with Crippen LogP contribution >= 0.6 is 0 Å². The second-order valence-corrected chi connectivity index (χ2v) is 6.24. The molecule has 0 spiro atoms. The normalized spacial score (nSPS) is 17.2. The van der Waals surface area contributed by atoms with Gasteiger partial charge in [-0.3, -0.25) is 4.79 Å². The zero-order chi connectivity index (χ0) is 12.9. The van der Waals surface area contributed by atoms with Crippen molar-refractivity contribution in [1.29, 1.82) is 5.26 Å². The molecule has 1 saturated carbocycles. The highest BCUT2D eigenvalue weighted by Gasteiger charge is 2.23. The van der Waals surface area contributed by atoms with Crippen LogP contribution in [0, 0.1) is 11.3 Å². The maximum Gasteiger partial charge on any atom is 0.227 e. The van der Waals surface area contributed by atoms with Crippen molar-refractivity contribution in [3.63, 3.8) is 0 Å². The van der Waals surface area contributed by atoms with Crippen molar-refractivity contribution in [2.75, 3.05) is 6.54 Å². The molecular formula is C10H17N3O3S. The minimum absolute atomic E-state index is 0.0416. The van der Waals surface area contributed by atoms with E-state index in [0.717, 1.165) is 12.8 Å². The Morgan fingerprint density at radius 2 is 2.18 bits per heavy atom. The van der Waals surface area contributed by atoms with Gasteiger partial charge in [0.15, 0.2) is 5.25 Å². The number of carbonyl (C=O) groups excluding carboxylic acids is 1. The first-order chi connectivity index (χ1) is 7.95. The summed E-state index contributed by atoms with van der Waals surface area (Å²) < 4.78 is 25.0. The van der Waals surface area contributed by atoms with Crippen LogP contribution in [0.1, 0.15) is 32.6 Å². The van der Waals surface area contributed by atoms with Crippen LogP contribution in [0.5, 0.6) is 0 Å². The lowest BCUT2D eigenvalue weighted by Crippen LogP contribution is -2.33. The van der Waals surface area contributed by atoms with Gasteiger partial charge in [-0.1, -0.05) is 0 Å². The van der Waals surface area contributed by atoms with Crippen LogP contribution < -0.4 is 10.0 Å². The predicted molar refractivity (Wildman–Crippen MR) is 62.4 cm³/mol. The number of nitrogens with zero attached hydrogens (tertiary/aromatic N) is 1. The summed E-state index contributed by atoms with van der Waals surface area (Å²) in [6.07, 6.45) is 2.83. The Balaban J connectivity index is 2.15. The Labute approximate surface area is 101 Å². The average molecular weight is 259 g/mol. The Kier molecular flexibility index (Phi) is 4.90. The van der Waals surface area contributed by atoms with Crippen LogP contribution in [0.4, 0.5) is 0 Å². The number of hydrogen-bond acceptors (Lipinski definition) is 4. The third-order valence-electron chi connectivity index (χ3n) is 2.47. The van der Waals surface area contributed by atoms with Gasteiger partial charge in [-0.15, -0.1) is 0 Å². The maximum absolute atomic E-state index is 11.4. The van der Waals surface area contributed by atoms with E-state index < -0.39 is 15.3 Å². The molecule has 17 heavy (non-hydrogen) atoms. The Morgan fingerprint density at radius 3 is 2.71 bits per heavy atom. The van der Waals surface area contributed by atoms with Crippen LogP contribution in [-0.2, 0) is 14.8 Å². The van der Waals surface area contributed by atoms with Gasteiger partial charge < -0.3 is 5.32 Å². The summed E-state index contributed by atoms with van der Waals surface area (Å²) >= 11 is 0. The summed E-state index contributed by atoms with van der Waals surface area (Å²) in [6, 6.07) is 1.99. The van der Waals surface area contributed by atoms with E-state index in [-0.39, 0.29) is 12.5 Å². The average Bonchev–Trinajstić information content (AvgIpc) is 3.07. The third kappa shape index (κ3) is 5.15. The van der Waals surface area contributed by atoms with Gasteiger partial charge in [-0.2, -0.15) is 5.26 Å². The van der Waals surface area contributed by atoms with Gasteiger partial charge in [-0.25, -0.2) is 13.1 Å². The second kappa shape index (κ2) is 5.98. The monoisotopic (exact) mass is 259 g/mol. The molecular weight excluding hydrogens is 242 g/mol. The third-order valence-corrected chi connectivity index (χ3v) is 4.12. The fraction of sp³-hybridized carbons (Fsp3) is 0.800. The Bertz CT molecular complexity index is 409. The van der Waals surface area contributed by atoms with Gasteiger partial charge in [0, 0.05) is 19.0 Å². The molecule has 1 aliphatic carbocycles. The highest BCUT2D eigenvalue weighted by molar-refractivity contribution is 7.90. The topological polar surface area (TPSA) is 99.1 Å². The first-order valence-corrected chi connectivity index (χ1v) is 7.18. The van der Waals surface area contributed by atoms with Crippen molar-refractivity contribution >= 4 is 15.9 Å². The van der Waals surface area contributed by atoms with Gasteiger partial charge in [0.25, 0.3) is 0 Å². The number of sulfonamides is 1. The first kappa shape index (κ1) is 13.9. The number of rotatable bonds is 7. The SMILES string of the molecule is CC(C#N)S(=O)(=O)NCCCC(=O)NC1CC1. The molecule has 96 valence electrons.